The fourth-order valence-corrected chi connectivity index (χ4v) is 239. The summed E-state index contributed by atoms with van der Waals surface area (Å²) in [5.74, 6) is 0. The van der Waals surface area contributed by atoms with Gasteiger partial charge in [0.2, 0.25) is 0 Å². The van der Waals surface area contributed by atoms with Crippen LogP contribution in [0, 0.1) is 0 Å². The molecule has 0 aliphatic rings. The molecule has 0 aliphatic heterocycles. The van der Waals surface area contributed by atoms with Gasteiger partial charge in [-0.15, -0.1) is 0 Å². The topological polar surface area (TPSA) is 0 Å². The van der Waals surface area contributed by atoms with E-state index in [1.54, 1.807) is 0 Å². The van der Waals surface area contributed by atoms with Crippen LogP contribution in [0.3, 0.4) is 0 Å². The van der Waals surface area contributed by atoms with E-state index < -0.39 is 56.5 Å². The summed E-state index contributed by atoms with van der Waals surface area (Å²) in [4.78, 5) is 0. The van der Waals surface area contributed by atoms with Crippen molar-refractivity contribution in [1.29, 1.82) is 0 Å². The quantitative estimate of drug-likeness (QED) is 0.232. The monoisotopic (exact) mass is 534 g/mol. The van der Waals surface area contributed by atoms with Crippen molar-refractivity contribution in [3.8, 4) is 0 Å². The van der Waals surface area contributed by atoms with Gasteiger partial charge < -0.3 is 0 Å². The molecule has 0 unspecified atom stereocenters. The maximum Gasteiger partial charge on any atom is 0.138 e. The van der Waals surface area contributed by atoms with Crippen LogP contribution in [-0.2, 0) is 0 Å². The minimum absolute atomic E-state index is 1.38. The van der Waals surface area contributed by atoms with Crippen molar-refractivity contribution in [1.82, 2.24) is 0 Å². The Hall–Kier alpha value is 2.32. The first-order valence-electron chi connectivity index (χ1n) is 10.1. The highest BCUT2D eigenvalue weighted by Crippen LogP contribution is 2.46. The fraction of sp³-hybridized carbons (Fsp3) is 1.00. The first-order valence-corrected chi connectivity index (χ1v) is 43.2. The molecule has 0 atom stereocenters. The molecular formula is C16H48Cl2Si8. The van der Waals surface area contributed by atoms with Crippen molar-refractivity contribution in [3.63, 3.8) is 0 Å². The highest BCUT2D eigenvalue weighted by Gasteiger charge is 2.69. The zero-order valence-corrected chi connectivity index (χ0v) is 30.3. The molecule has 0 saturated heterocycles. The Balaban J connectivity index is 6.61. The van der Waals surface area contributed by atoms with E-state index in [2.05, 4.69) is 105 Å². The van der Waals surface area contributed by atoms with Crippen molar-refractivity contribution in [2.24, 2.45) is 0 Å². The minimum atomic E-state index is -1.61. The number of hydrogen-bond donors (Lipinski definition) is 0. The zero-order valence-electron chi connectivity index (χ0n) is 20.8. The van der Waals surface area contributed by atoms with E-state index in [-0.39, 0.29) is 0 Å². The molecule has 0 heterocycles. The highest BCUT2D eigenvalue weighted by atomic mass is 35.6. The third-order valence-electron chi connectivity index (χ3n) is 10.8. The van der Waals surface area contributed by atoms with Gasteiger partial charge in [0.15, 0.2) is 0 Å². The Bertz CT molecular complexity index is 477. The van der Waals surface area contributed by atoms with Gasteiger partial charge in [-0.05, 0) is 0 Å². The van der Waals surface area contributed by atoms with Crippen LogP contribution < -0.4 is 0 Å². The minimum Gasteiger partial charge on any atom is -0.171 e. The molecule has 0 saturated carbocycles. The Morgan fingerprint density at radius 1 is 0.269 bits per heavy atom. The molecule has 158 valence electrons. The molecular weight excluding hydrogens is 488 g/mol. The second-order valence-corrected chi connectivity index (χ2v) is 107. The van der Waals surface area contributed by atoms with Gasteiger partial charge in [-0.1, -0.05) is 105 Å². The molecule has 0 rings (SSSR count). The van der Waals surface area contributed by atoms with E-state index in [4.69, 9.17) is 22.2 Å². The Morgan fingerprint density at radius 3 is 0.500 bits per heavy atom. The molecule has 0 aromatic heterocycles. The van der Waals surface area contributed by atoms with Crippen LogP contribution >= 0.6 is 22.2 Å². The predicted octanol–water partition coefficient (Wildman–Crippen LogP) is 7.67. The number of hydrogen-bond acceptors (Lipinski definition) is 0. The summed E-state index contributed by atoms with van der Waals surface area (Å²) in [6.45, 7) is 39.7. The molecule has 0 spiro atoms. The van der Waals surface area contributed by atoms with E-state index in [0.717, 1.165) is 0 Å². The zero-order chi connectivity index (χ0) is 22.0. The van der Waals surface area contributed by atoms with Crippen LogP contribution in [0.1, 0.15) is 0 Å². The maximum atomic E-state index is 7.22. The second-order valence-electron chi connectivity index (χ2n) is 12.7. The van der Waals surface area contributed by atoms with E-state index in [9.17, 15) is 0 Å². The second kappa shape index (κ2) is 7.47. The number of halogens is 2. The van der Waals surface area contributed by atoms with Crippen molar-refractivity contribution in [2.75, 3.05) is 0 Å². The molecule has 0 aromatic carbocycles. The van der Waals surface area contributed by atoms with Crippen LogP contribution in [0.2, 0.25) is 105 Å². The molecule has 0 amide bonds. The number of rotatable bonds is 7. The molecule has 0 bridgehead atoms. The summed E-state index contributed by atoms with van der Waals surface area (Å²) < 4.78 is 0. The summed E-state index contributed by atoms with van der Waals surface area (Å²) in [6, 6.07) is 0. The van der Waals surface area contributed by atoms with Gasteiger partial charge in [0.05, 0.1) is 14.2 Å². The lowest BCUT2D eigenvalue weighted by atomic mass is 11.9. The van der Waals surface area contributed by atoms with E-state index >= 15 is 0 Å². The Labute approximate surface area is 182 Å². The summed E-state index contributed by atoms with van der Waals surface area (Å²) in [5, 5.41) is 0. The molecule has 26 heavy (non-hydrogen) atoms. The lowest BCUT2D eigenvalue weighted by Gasteiger charge is -2.64. The summed E-state index contributed by atoms with van der Waals surface area (Å²) in [5.41, 5.74) is 0. The van der Waals surface area contributed by atoms with Gasteiger partial charge >= 0.3 is 0 Å². The standard InChI is InChI=1S/C16H48Cl2Si8/c1-19(2,17)21(5,6)23(9,10)25(13,14)26(15,16)24(11,12)22(7,8)20(3,4)18/h1-16H3. The third-order valence-corrected chi connectivity index (χ3v) is 187. The van der Waals surface area contributed by atoms with Gasteiger partial charge in [0.25, 0.3) is 0 Å². The molecule has 0 fully saturated rings. The first kappa shape index (κ1) is 28.3. The average Bonchev–Trinajstić information content (AvgIpc) is 2.34. The third kappa shape index (κ3) is 3.95. The van der Waals surface area contributed by atoms with Crippen molar-refractivity contribution < 1.29 is 0 Å². The fourth-order valence-electron chi connectivity index (χ4n) is 4.61. The maximum absolute atomic E-state index is 7.22. The molecule has 0 aliphatic carbocycles. The van der Waals surface area contributed by atoms with E-state index in [0.29, 0.717) is 0 Å². The lowest BCUT2D eigenvalue weighted by molar-refractivity contribution is 1.75. The Kier molecular flexibility index (Phi) is 8.14. The van der Waals surface area contributed by atoms with Gasteiger partial charge in [0.1, 0.15) is 13.8 Å². The van der Waals surface area contributed by atoms with Crippen molar-refractivity contribution in [2.45, 2.75) is 105 Å². The average molecular weight is 536 g/mol. The van der Waals surface area contributed by atoms with Gasteiger partial charge in [0, 0.05) is 28.4 Å². The van der Waals surface area contributed by atoms with Gasteiger partial charge in [-0.25, -0.2) is 0 Å². The van der Waals surface area contributed by atoms with E-state index in [1.807, 2.05) is 0 Å². The van der Waals surface area contributed by atoms with Crippen molar-refractivity contribution >= 4 is 78.6 Å². The molecule has 0 nitrogen and oxygen atoms in total. The van der Waals surface area contributed by atoms with Crippen LogP contribution in [-0.4, -0.2) is 56.5 Å². The summed E-state index contributed by atoms with van der Waals surface area (Å²) >= 11 is 14.4. The van der Waals surface area contributed by atoms with Crippen LogP contribution in [0.4, 0.5) is 0 Å². The van der Waals surface area contributed by atoms with E-state index in [1.165, 1.54) is 0 Å². The Morgan fingerprint density at radius 2 is 0.385 bits per heavy atom. The first-order chi connectivity index (χ1) is 10.8. The molecule has 0 aromatic rings. The predicted molar refractivity (Wildman–Crippen MR) is 152 cm³/mol. The largest absolute Gasteiger partial charge is 0.171 e. The van der Waals surface area contributed by atoms with Crippen molar-refractivity contribution in [3.05, 3.63) is 0 Å². The molecule has 10 heteroatoms. The molecule has 0 radical (unpaired) electrons. The van der Waals surface area contributed by atoms with Gasteiger partial charge in [-0.2, -0.15) is 22.2 Å². The summed E-state index contributed by atoms with van der Waals surface area (Å²) in [6.07, 6.45) is 0. The lowest BCUT2D eigenvalue weighted by Crippen LogP contribution is -2.91. The van der Waals surface area contributed by atoms with Gasteiger partial charge in [-0.3, -0.25) is 0 Å². The van der Waals surface area contributed by atoms with Crippen LogP contribution in [0.15, 0.2) is 0 Å². The normalized spacial score (nSPS) is 16.8. The smallest absolute Gasteiger partial charge is 0.138 e. The van der Waals surface area contributed by atoms with Crippen LogP contribution in [0.25, 0.3) is 0 Å². The van der Waals surface area contributed by atoms with Crippen LogP contribution in [0.5, 0.6) is 0 Å². The highest BCUT2D eigenvalue weighted by molar-refractivity contribution is 8.05. The summed E-state index contributed by atoms with van der Waals surface area (Å²) in [7, 11) is -8.32. The molecule has 0 N–H and O–H groups in total. The SMILES string of the molecule is C[Si](C)(Cl)[Si](C)(C)[Si](C)(C)[Si](C)(C)[Si](C)(C)[Si](C)(C)[Si](C)(C)[Si](C)(C)Cl.